The molecule has 0 saturated heterocycles. The number of hydrogen-bond donors (Lipinski definition) is 1. The van der Waals surface area contributed by atoms with Crippen molar-refractivity contribution in [2.75, 3.05) is 5.32 Å². The second-order valence-electron chi connectivity index (χ2n) is 5.99. The van der Waals surface area contributed by atoms with Gasteiger partial charge in [-0.25, -0.2) is 13.9 Å². The SMILES string of the molecule is O=C(Nc1c(F)cc(Br)cc1Br)c1cnn2c(C(F)(F)F)cc(-c3ccco3)nc12. The Morgan fingerprint density at radius 1 is 1.20 bits per heavy atom. The maximum Gasteiger partial charge on any atom is 0.433 e. The Labute approximate surface area is 182 Å². The van der Waals surface area contributed by atoms with Gasteiger partial charge in [-0.3, -0.25) is 4.79 Å². The van der Waals surface area contributed by atoms with Crippen LogP contribution in [0.3, 0.4) is 0 Å². The maximum absolute atomic E-state index is 14.2. The van der Waals surface area contributed by atoms with Crippen LogP contribution in [0.25, 0.3) is 17.1 Å². The fourth-order valence-electron chi connectivity index (χ4n) is 2.72. The Morgan fingerprint density at radius 2 is 1.97 bits per heavy atom. The van der Waals surface area contributed by atoms with Crippen molar-refractivity contribution in [1.29, 1.82) is 0 Å². The molecule has 6 nitrogen and oxygen atoms in total. The van der Waals surface area contributed by atoms with Crippen molar-refractivity contribution < 1.29 is 26.8 Å². The minimum atomic E-state index is -4.77. The monoisotopic (exact) mass is 546 g/mol. The van der Waals surface area contributed by atoms with E-state index in [9.17, 15) is 22.4 Å². The average Bonchev–Trinajstić information content (AvgIpc) is 3.32. The molecule has 30 heavy (non-hydrogen) atoms. The van der Waals surface area contributed by atoms with E-state index in [0.717, 1.165) is 18.3 Å². The number of furan rings is 1. The highest BCUT2D eigenvalue weighted by atomic mass is 79.9. The van der Waals surface area contributed by atoms with Crippen molar-refractivity contribution in [2.24, 2.45) is 0 Å². The van der Waals surface area contributed by atoms with E-state index < -0.39 is 23.6 Å². The first-order valence-corrected chi connectivity index (χ1v) is 9.69. The van der Waals surface area contributed by atoms with E-state index in [2.05, 4.69) is 47.3 Å². The molecule has 0 saturated carbocycles. The van der Waals surface area contributed by atoms with E-state index in [1.54, 1.807) is 0 Å². The maximum atomic E-state index is 14.2. The molecule has 0 unspecified atom stereocenters. The summed E-state index contributed by atoms with van der Waals surface area (Å²) in [7, 11) is 0. The number of halogens is 6. The van der Waals surface area contributed by atoms with Crippen LogP contribution in [0.2, 0.25) is 0 Å². The summed E-state index contributed by atoms with van der Waals surface area (Å²) in [6.45, 7) is 0. The summed E-state index contributed by atoms with van der Waals surface area (Å²) in [6.07, 6.45) is -2.56. The lowest BCUT2D eigenvalue weighted by Crippen LogP contribution is -2.16. The van der Waals surface area contributed by atoms with E-state index in [4.69, 9.17) is 4.42 Å². The standard InChI is InChI=1S/C18H8Br2F4N4O2/c19-8-4-10(20)15(11(21)5-8)27-17(29)9-7-25-28-14(18(22,23)24)6-12(26-16(9)28)13-2-1-3-30-13/h1-7H,(H,27,29). The van der Waals surface area contributed by atoms with Gasteiger partial charge in [-0.1, -0.05) is 15.9 Å². The van der Waals surface area contributed by atoms with Crippen molar-refractivity contribution in [1.82, 2.24) is 14.6 Å². The molecule has 12 heteroatoms. The van der Waals surface area contributed by atoms with Crippen LogP contribution < -0.4 is 5.32 Å². The van der Waals surface area contributed by atoms with Crippen molar-refractivity contribution >= 4 is 49.1 Å². The third-order valence-corrected chi connectivity index (χ3v) is 5.11. The zero-order valence-electron chi connectivity index (χ0n) is 14.5. The highest BCUT2D eigenvalue weighted by Gasteiger charge is 2.36. The number of anilines is 1. The summed E-state index contributed by atoms with van der Waals surface area (Å²) in [5, 5.41) is 5.99. The molecule has 1 amide bonds. The summed E-state index contributed by atoms with van der Waals surface area (Å²) in [5.41, 5.74) is -2.09. The molecule has 0 fully saturated rings. The number of carbonyl (C=O) groups excluding carboxylic acids is 1. The van der Waals surface area contributed by atoms with Gasteiger partial charge in [0.2, 0.25) is 0 Å². The molecule has 3 aromatic heterocycles. The summed E-state index contributed by atoms with van der Waals surface area (Å²) >= 11 is 6.25. The predicted molar refractivity (Wildman–Crippen MR) is 105 cm³/mol. The Morgan fingerprint density at radius 3 is 2.60 bits per heavy atom. The van der Waals surface area contributed by atoms with Crippen LogP contribution in [0.1, 0.15) is 16.1 Å². The summed E-state index contributed by atoms with van der Waals surface area (Å²) < 4.78 is 61.2. The third kappa shape index (κ3) is 3.72. The molecule has 0 aliphatic rings. The van der Waals surface area contributed by atoms with Gasteiger partial charge < -0.3 is 9.73 Å². The zero-order valence-corrected chi connectivity index (χ0v) is 17.6. The second kappa shape index (κ2) is 7.51. The van der Waals surface area contributed by atoms with Gasteiger partial charge in [-0.05, 0) is 46.3 Å². The highest BCUT2D eigenvalue weighted by Crippen LogP contribution is 2.34. The fraction of sp³-hybridized carbons (Fsp3) is 0.0556. The molecule has 154 valence electrons. The van der Waals surface area contributed by atoms with Crippen LogP contribution in [0.15, 0.2) is 56.2 Å². The lowest BCUT2D eigenvalue weighted by atomic mass is 10.2. The number of amides is 1. The fourth-order valence-corrected chi connectivity index (χ4v) is 3.99. The van der Waals surface area contributed by atoms with Crippen LogP contribution in [0, 0.1) is 5.82 Å². The number of nitrogens with one attached hydrogen (secondary N) is 1. The first-order chi connectivity index (χ1) is 14.1. The number of rotatable bonds is 3. The molecular formula is C18H8Br2F4N4O2. The first kappa shape index (κ1) is 20.5. The Kier molecular flexibility index (Phi) is 5.14. The average molecular weight is 548 g/mol. The number of benzene rings is 1. The number of fused-ring (bicyclic) bond motifs is 1. The van der Waals surface area contributed by atoms with E-state index in [-0.39, 0.29) is 32.8 Å². The van der Waals surface area contributed by atoms with Gasteiger partial charge in [0.25, 0.3) is 5.91 Å². The molecule has 0 aliphatic heterocycles. The molecule has 0 aliphatic carbocycles. The highest BCUT2D eigenvalue weighted by molar-refractivity contribution is 9.11. The van der Waals surface area contributed by atoms with Gasteiger partial charge in [0.05, 0.1) is 18.1 Å². The van der Waals surface area contributed by atoms with Gasteiger partial charge in [0.1, 0.15) is 17.1 Å². The van der Waals surface area contributed by atoms with Crippen LogP contribution in [-0.2, 0) is 6.18 Å². The molecule has 1 N–H and O–H groups in total. The molecule has 0 bridgehead atoms. The van der Waals surface area contributed by atoms with Crippen LogP contribution >= 0.6 is 31.9 Å². The number of carbonyl (C=O) groups is 1. The first-order valence-electron chi connectivity index (χ1n) is 8.11. The smallest absolute Gasteiger partial charge is 0.433 e. The third-order valence-electron chi connectivity index (χ3n) is 4.03. The van der Waals surface area contributed by atoms with Gasteiger partial charge >= 0.3 is 6.18 Å². The number of nitrogens with zero attached hydrogens (tertiary/aromatic N) is 3. The van der Waals surface area contributed by atoms with E-state index in [0.29, 0.717) is 8.99 Å². The van der Waals surface area contributed by atoms with Gasteiger partial charge in [0, 0.05) is 8.95 Å². The van der Waals surface area contributed by atoms with Crippen molar-refractivity contribution in [3.63, 3.8) is 0 Å². The molecule has 0 radical (unpaired) electrons. The van der Waals surface area contributed by atoms with Gasteiger partial charge in [-0.2, -0.15) is 18.3 Å². The molecule has 3 heterocycles. The minimum Gasteiger partial charge on any atom is -0.463 e. The molecule has 4 aromatic rings. The van der Waals surface area contributed by atoms with E-state index in [1.165, 1.54) is 24.5 Å². The largest absolute Gasteiger partial charge is 0.463 e. The number of hydrogen-bond acceptors (Lipinski definition) is 4. The van der Waals surface area contributed by atoms with Crippen LogP contribution in [-0.4, -0.2) is 20.5 Å². The number of aromatic nitrogens is 3. The van der Waals surface area contributed by atoms with Crippen molar-refractivity contribution in [3.8, 4) is 11.5 Å². The summed E-state index contributed by atoms with van der Waals surface area (Å²) in [5.74, 6) is -1.55. The Bertz CT molecular complexity index is 1250. The normalized spacial score (nSPS) is 11.8. The molecule has 0 atom stereocenters. The second-order valence-corrected chi connectivity index (χ2v) is 7.76. The predicted octanol–water partition coefficient (Wildman–Crippen LogP) is 5.92. The molecular weight excluding hydrogens is 540 g/mol. The number of alkyl halides is 3. The van der Waals surface area contributed by atoms with Crippen molar-refractivity contribution in [3.05, 3.63) is 68.8 Å². The minimum absolute atomic E-state index is 0.0808. The quantitative estimate of drug-likeness (QED) is 0.323. The van der Waals surface area contributed by atoms with E-state index in [1.807, 2.05) is 0 Å². The molecule has 4 rings (SSSR count). The lowest BCUT2D eigenvalue weighted by Gasteiger charge is -2.11. The van der Waals surface area contributed by atoms with Gasteiger partial charge in [-0.15, -0.1) is 0 Å². The Balaban J connectivity index is 1.84. The van der Waals surface area contributed by atoms with Crippen LogP contribution in [0.5, 0.6) is 0 Å². The van der Waals surface area contributed by atoms with E-state index >= 15 is 0 Å². The van der Waals surface area contributed by atoms with Crippen LogP contribution in [0.4, 0.5) is 23.2 Å². The Hall–Kier alpha value is -2.73. The molecule has 0 spiro atoms. The lowest BCUT2D eigenvalue weighted by molar-refractivity contribution is -0.142. The van der Waals surface area contributed by atoms with Gasteiger partial charge in [0.15, 0.2) is 17.1 Å². The topological polar surface area (TPSA) is 72.4 Å². The molecule has 1 aromatic carbocycles. The summed E-state index contributed by atoms with van der Waals surface area (Å²) in [4.78, 5) is 16.8. The van der Waals surface area contributed by atoms with Crippen molar-refractivity contribution in [2.45, 2.75) is 6.18 Å². The zero-order chi connectivity index (χ0) is 21.6. The summed E-state index contributed by atoms with van der Waals surface area (Å²) in [6, 6.07) is 6.33.